The van der Waals surface area contributed by atoms with Gasteiger partial charge in [-0.25, -0.2) is 0 Å². The minimum absolute atomic E-state index is 0.305. The molecule has 0 radical (unpaired) electrons. The number of aliphatic carboxylic acids is 1. The number of hydrogen-bond acceptors (Lipinski definition) is 3. The second-order valence-corrected chi connectivity index (χ2v) is 5.86. The van der Waals surface area contributed by atoms with Crippen molar-refractivity contribution < 1.29 is 9.90 Å². The number of fused-ring (bicyclic) bond motifs is 1. The van der Waals surface area contributed by atoms with Crippen molar-refractivity contribution >= 4 is 32.9 Å². The lowest BCUT2D eigenvalue weighted by molar-refractivity contribution is -0.139. The smallest absolute Gasteiger partial charge is 0.311 e. The predicted octanol–water partition coefficient (Wildman–Crippen LogP) is 3.61. The Morgan fingerprint density at radius 2 is 2.16 bits per heavy atom. The molecule has 0 aliphatic rings. The predicted molar refractivity (Wildman–Crippen MR) is 77.1 cm³/mol. The van der Waals surface area contributed by atoms with E-state index < -0.39 is 11.9 Å². The van der Waals surface area contributed by atoms with Crippen LogP contribution in [0.5, 0.6) is 0 Å². The minimum Gasteiger partial charge on any atom is -0.481 e. The number of rotatable bonds is 4. The standard InChI is InChI=1S/C14H15BrN2O2/c1-8(2)5-11(14(18)19)10-3-4-16-12-6-9(15)7-17-13(10)12/h3-4,6-8,11H,5H2,1-2H3,(H,18,19). The monoisotopic (exact) mass is 322 g/mol. The summed E-state index contributed by atoms with van der Waals surface area (Å²) in [6.45, 7) is 4.03. The molecule has 19 heavy (non-hydrogen) atoms. The lowest BCUT2D eigenvalue weighted by Crippen LogP contribution is -2.15. The Morgan fingerprint density at radius 1 is 1.42 bits per heavy atom. The third kappa shape index (κ3) is 3.10. The van der Waals surface area contributed by atoms with Gasteiger partial charge < -0.3 is 5.11 Å². The molecular formula is C14H15BrN2O2. The topological polar surface area (TPSA) is 63.1 Å². The van der Waals surface area contributed by atoms with Crippen LogP contribution in [0.15, 0.2) is 29.0 Å². The van der Waals surface area contributed by atoms with Gasteiger partial charge in [0.25, 0.3) is 0 Å². The summed E-state index contributed by atoms with van der Waals surface area (Å²) in [6.07, 6.45) is 3.90. The molecule has 1 N–H and O–H groups in total. The van der Waals surface area contributed by atoms with Gasteiger partial charge in [0.05, 0.1) is 17.0 Å². The third-order valence-electron chi connectivity index (χ3n) is 2.96. The van der Waals surface area contributed by atoms with Gasteiger partial charge in [-0.05, 0) is 46.0 Å². The maximum absolute atomic E-state index is 11.5. The first-order valence-corrected chi connectivity index (χ1v) is 6.91. The van der Waals surface area contributed by atoms with Crippen LogP contribution >= 0.6 is 15.9 Å². The molecule has 2 rings (SSSR count). The molecule has 100 valence electrons. The summed E-state index contributed by atoms with van der Waals surface area (Å²) in [5.41, 5.74) is 2.11. The lowest BCUT2D eigenvalue weighted by Gasteiger charge is -2.16. The van der Waals surface area contributed by atoms with Gasteiger partial charge >= 0.3 is 5.97 Å². The van der Waals surface area contributed by atoms with Gasteiger partial charge in [0.15, 0.2) is 0 Å². The first-order chi connectivity index (χ1) is 8.99. The van der Waals surface area contributed by atoms with E-state index in [1.807, 2.05) is 19.9 Å². The van der Waals surface area contributed by atoms with E-state index in [0.717, 1.165) is 10.0 Å². The zero-order valence-electron chi connectivity index (χ0n) is 10.8. The molecule has 0 aliphatic carbocycles. The second kappa shape index (κ2) is 5.65. The fourth-order valence-electron chi connectivity index (χ4n) is 2.14. The van der Waals surface area contributed by atoms with Crippen LogP contribution in [0.25, 0.3) is 11.0 Å². The van der Waals surface area contributed by atoms with Gasteiger partial charge in [-0.2, -0.15) is 0 Å². The first kappa shape index (κ1) is 13.9. The van der Waals surface area contributed by atoms with Crippen molar-refractivity contribution in [2.75, 3.05) is 0 Å². The maximum atomic E-state index is 11.5. The summed E-state index contributed by atoms with van der Waals surface area (Å²) >= 11 is 3.34. The molecule has 0 saturated heterocycles. The average Bonchev–Trinajstić information content (AvgIpc) is 2.34. The molecule has 2 aromatic heterocycles. The van der Waals surface area contributed by atoms with Gasteiger partial charge in [-0.3, -0.25) is 14.8 Å². The molecule has 0 aromatic carbocycles. The summed E-state index contributed by atoms with van der Waals surface area (Å²) in [5.74, 6) is -1.05. The van der Waals surface area contributed by atoms with Crippen LogP contribution in [0.1, 0.15) is 31.7 Å². The number of hydrogen-bond donors (Lipinski definition) is 1. The van der Waals surface area contributed by atoms with Crippen molar-refractivity contribution in [2.24, 2.45) is 5.92 Å². The molecule has 5 heteroatoms. The molecular weight excluding hydrogens is 308 g/mol. The fraction of sp³-hybridized carbons (Fsp3) is 0.357. The fourth-order valence-corrected chi connectivity index (χ4v) is 2.46. The summed E-state index contributed by atoms with van der Waals surface area (Å²) in [5, 5.41) is 9.43. The Bertz CT molecular complexity index is 613. The molecule has 1 unspecified atom stereocenters. The van der Waals surface area contributed by atoms with Crippen LogP contribution in [0, 0.1) is 5.92 Å². The summed E-state index contributed by atoms with van der Waals surface area (Å²) in [4.78, 5) is 20.0. The van der Waals surface area contributed by atoms with Crippen molar-refractivity contribution in [1.82, 2.24) is 9.97 Å². The van der Waals surface area contributed by atoms with E-state index in [2.05, 4.69) is 25.9 Å². The van der Waals surface area contributed by atoms with Crippen LogP contribution in [-0.2, 0) is 4.79 Å². The van der Waals surface area contributed by atoms with Crippen LogP contribution in [0.3, 0.4) is 0 Å². The molecule has 0 fully saturated rings. The van der Waals surface area contributed by atoms with E-state index >= 15 is 0 Å². The zero-order valence-corrected chi connectivity index (χ0v) is 12.4. The third-order valence-corrected chi connectivity index (χ3v) is 3.39. The largest absolute Gasteiger partial charge is 0.481 e. The summed E-state index contributed by atoms with van der Waals surface area (Å²) in [6, 6.07) is 3.60. The van der Waals surface area contributed by atoms with Crippen LogP contribution < -0.4 is 0 Å². The Balaban J connectivity index is 2.56. The highest BCUT2D eigenvalue weighted by Gasteiger charge is 2.23. The lowest BCUT2D eigenvalue weighted by atomic mass is 9.90. The number of pyridine rings is 2. The van der Waals surface area contributed by atoms with Crippen molar-refractivity contribution in [2.45, 2.75) is 26.2 Å². The molecule has 0 aliphatic heterocycles. The SMILES string of the molecule is CC(C)CC(C(=O)O)c1ccnc2cc(Br)cnc12. The Hall–Kier alpha value is -1.49. The first-order valence-electron chi connectivity index (χ1n) is 6.12. The van der Waals surface area contributed by atoms with Crippen molar-refractivity contribution in [3.63, 3.8) is 0 Å². The number of carboxylic acid groups (broad SMARTS) is 1. The van der Waals surface area contributed by atoms with Crippen LogP contribution in [0.2, 0.25) is 0 Å². The molecule has 1 atom stereocenters. The van der Waals surface area contributed by atoms with Gasteiger partial charge in [-0.1, -0.05) is 13.8 Å². The van der Waals surface area contributed by atoms with Crippen molar-refractivity contribution in [1.29, 1.82) is 0 Å². The van der Waals surface area contributed by atoms with Crippen molar-refractivity contribution in [3.8, 4) is 0 Å². The Morgan fingerprint density at radius 3 is 2.79 bits per heavy atom. The number of carbonyl (C=O) groups is 1. The number of halogens is 1. The van der Waals surface area contributed by atoms with E-state index in [-0.39, 0.29) is 0 Å². The number of aromatic nitrogens is 2. The maximum Gasteiger partial charge on any atom is 0.311 e. The highest BCUT2D eigenvalue weighted by Crippen LogP contribution is 2.29. The molecule has 4 nitrogen and oxygen atoms in total. The number of carboxylic acids is 1. The second-order valence-electron chi connectivity index (χ2n) is 4.94. The van der Waals surface area contributed by atoms with Crippen LogP contribution in [-0.4, -0.2) is 21.0 Å². The van der Waals surface area contributed by atoms with E-state index in [1.165, 1.54) is 0 Å². The molecule has 0 spiro atoms. The summed E-state index contributed by atoms with van der Waals surface area (Å²) < 4.78 is 0.834. The van der Waals surface area contributed by atoms with Gasteiger partial charge in [0, 0.05) is 16.9 Å². The molecule has 0 amide bonds. The van der Waals surface area contributed by atoms with Gasteiger partial charge in [-0.15, -0.1) is 0 Å². The summed E-state index contributed by atoms with van der Waals surface area (Å²) in [7, 11) is 0. The number of nitrogens with zero attached hydrogens (tertiary/aromatic N) is 2. The molecule has 0 bridgehead atoms. The Labute approximate surface area is 120 Å². The average molecular weight is 323 g/mol. The highest BCUT2D eigenvalue weighted by molar-refractivity contribution is 9.10. The molecule has 2 aromatic rings. The Kier molecular flexibility index (Phi) is 4.14. The minimum atomic E-state index is -0.814. The normalized spacial score (nSPS) is 12.8. The van der Waals surface area contributed by atoms with E-state index in [4.69, 9.17) is 0 Å². The van der Waals surface area contributed by atoms with E-state index in [1.54, 1.807) is 18.5 Å². The van der Waals surface area contributed by atoms with E-state index in [0.29, 0.717) is 23.4 Å². The zero-order chi connectivity index (χ0) is 14.0. The van der Waals surface area contributed by atoms with Crippen molar-refractivity contribution in [3.05, 3.63) is 34.6 Å². The van der Waals surface area contributed by atoms with Gasteiger partial charge in [0.1, 0.15) is 0 Å². The molecule has 0 saturated carbocycles. The quantitative estimate of drug-likeness (QED) is 0.934. The van der Waals surface area contributed by atoms with Gasteiger partial charge in [0.2, 0.25) is 0 Å². The van der Waals surface area contributed by atoms with Crippen LogP contribution in [0.4, 0.5) is 0 Å². The highest BCUT2D eigenvalue weighted by atomic mass is 79.9. The van der Waals surface area contributed by atoms with E-state index in [9.17, 15) is 9.90 Å². The molecule has 2 heterocycles.